The normalized spacial score (nSPS) is 15.0. The van der Waals surface area contributed by atoms with Crippen LogP contribution in [0, 0.1) is 0 Å². The Bertz CT molecular complexity index is 652. The number of hydrogen-bond acceptors (Lipinski definition) is 4. The molecule has 1 aromatic heterocycles. The molecule has 134 valence electrons. The van der Waals surface area contributed by atoms with Crippen molar-refractivity contribution in [3.63, 3.8) is 0 Å². The number of nitrogens with zero attached hydrogens (tertiary/aromatic N) is 3. The highest BCUT2D eigenvalue weighted by molar-refractivity contribution is 5.73. The smallest absolute Gasteiger partial charge is 0.315 e. The molecule has 7 heteroatoms. The molecule has 2 amide bonds. The average molecular weight is 343 g/mol. The van der Waals surface area contributed by atoms with Crippen LogP contribution in [0.1, 0.15) is 11.1 Å². The first-order chi connectivity index (χ1) is 12.3. The summed E-state index contributed by atoms with van der Waals surface area (Å²) in [4.78, 5) is 14.2. The van der Waals surface area contributed by atoms with Gasteiger partial charge in [-0.1, -0.05) is 30.3 Å². The number of nitrogens with one attached hydrogen (secondary N) is 2. The molecular weight excluding hydrogens is 318 g/mol. The van der Waals surface area contributed by atoms with Crippen molar-refractivity contribution in [2.75, 3.05) is 39.4 Å². The maximum absolute atomic E-state index is 11.9. The van der Waals surface area contributed by atoms with Crippen LogP contribution < -0.4 is 10.6 Å². The van der Waals surface area contributed by atoms with E-state index in [0.717, 1.165) is 45.0 Å². The van der Waals surface area contributed by atoms with E-state index in [-0.39, 0.29) is 6.03 Å². The first-order valence-electron chi connectivity index (χ1n) is 8.67. The average Bonchev–Trinajstić information content (AvgIpc) is 3.09. The van der Waals surface area contributed by atoms with Crippen molar-refractivity contribution in [1.29, 1.82) is 0 Å². The molecule has 0 unspecified atom stereocenters. The van der Waals surface area contributed by atoms with Gasteiger partial charge in [-0.15, -0.1) is 0 Å². The van der Waals surface area contributed by atoms with E-state index in [9.17, 15) is 4.79 Å². The van der Waals surface area contributed by atoms with E-state index in [1.165, 1.54) is 5.56 Å². The number of rotatable bonds is 7. The first-order valence-corrected chi connectivity index (χ1v) is 8.67. The number of urea groups is 1. The Morgan fingerprint density at radius 3 is 2.72 bits per heavy atom. The minimum Gasteiger partial charge on any atom is -0.379 e. The highest BCUT2D eigenvalue weighted by Crippen LogP contribution is 2.03. The Hall–Kier alpha value is -2.38. The summed E-state index contributed by atoms with van der Waals surface area (Å²) < 4.78 is 7.18. The molecule has 3 rings (SSSR count). The molecule has 1 saturated heterocycles. The fraction of sp³-hybridized carbons (Fsp3) is 0.444. The van der Waals surface area contributed by atoms with Gasteiger partial charge in [-0.2, -0.15) is 5.10 Å². The summed E-state index contributed by atoms with van der Waals surface area (Å²) in [6, 6.07) is 10.0. The van der Waals surface area contributed by atoms with Gasteiger partial charge in [0.15, 0.2) is 0 Å². The number of morpholine rings is 1. The second-order valence-electron chi connectivity index (χ2n) is 6.10. The maximum atomic E-state index is 11.9. The molecular formula is C18H25N5O2. The number of aromatic nitrogens is 2. The molecule has 1 aliphatic rings. The predicted octanol–water partition coefficient (Wildman–Crippen LogP) is 1.06. The Morgan fingerprint density at radius 2 is 1.92 bits per heavy atom. The zero-order chi connectivity index (χ0) is 17.3. The van der Waals surface area contributed by atoms with E-state index in [1.807, 2.05) is 29.1 Å². The van der Waals surface area contributed by atoms with Crippen LogP contribution in [0.5, 0.6) is 0 Å². The van der Waals surface area contributed by atoms with Crippen molar-refractivity contribution in [1.82, 2.24) is 25.3 Å². The highest BCUT2D eigenvalue weighted by Gasteiger charge is 2.10. The largest absolute Gasteiger partial charge is 0.379 e. The third-order valence-electron chi connectivity index (χ3n) is 4.14. The quantitative estimate of drug-likeness (QED) is 0.789. The van der Waals surface area contributed by atoms with Crippen LogP contribution in [0.3, 0.4) is 0 Å². The van der Waals surface area contributed by atoms with Crippen molar-refractivity contribution in [3.8, 4) is 0 Å². The molecule has 0 saturated carbocycles. The predicted molar refractivity (Wildman–Crippen MR) is 95.3 cm³/mol. The molecule has 25 heavy (non-hydrogen) atoms. The van der Waals surface area contributed by atoms with Crippen LogP contribution in [0.4, 0.5) is 4.79 Å². The number of hydrogen-bond donors (Lipinski definition) is 2. The molecule has 0 radical (unpaired) electrons. The van der Waals surface area contributed by atoms with Gasteiger partial charge in [0.05, 0.1) is 26.0 Å². The Kier molecular flexibility index (Phi) is 6.42. The molecule has 1 aromatic carbocycles. The molecule has 0 aliphatic carbocycles. The van der Waals surface area contributed by atoms with Gasteiger partial charge in [-0.05, 0) is 5.56 Å². The second-order valence-corrected chi connectivity index (χ2v) is 6.10. The van der Waals surface area contributed by atoms with Gasteiger partial charge in [0.25, 0.3) is 0 Å². The third kappa shape index (κ3) is 5.88. The lowest BCUT2D eigenvalue weighted by atomic mass is 10.2. The van der Waals surface area contributed by atoms with Crippen LogP contribution in [0.25, 0.3) is 0 Å². The molecule has 2 N–H and O–H groups in total. The minimum atomic E-state index is -0.149. The van der Waals surface area contributed by atoms with E-state index < -0.39 is 0 Å². The second kappa shape index (κ2) is 9.19. The molecule has 0 bridgehead atoms. The lowest BCUT2D eigenvalue weighted by molar-refractivity contribution is 0.0387. The highest BCUT2D eigenvalue weighted by atomic mass is 16.5. The topological polar surface area (TPSA) is 71.4 Å². The van der Waals surface area contributed by atoms with Crippen LogP contribution in [0.2, 0.25) is 0 Å². The monoisotopic (exact) mass is 343 g/mol. The molecule has 1 aliphatic heterocycles. The lowest BCUT2D eigenvalue weighted by Crippen LogP contribution is -2.43. The van der Waals surface area contributed by atoms with Gasteiger partial charge in [-0.25, -0.2) is 4.79 Å². The Balaban J connectivity index is 1.34. The molecule has 0 atom stereocenters. The summed E-state index contributed by atoms with van der Waals surface area (Å²) in [6.07, 6.45) is 3.75. The van der Waals surface area contributed by atoms with E-state index >= 15 is 0 Å². The van der Waals surface area contributed by atoms with E-state index in [0.29, 0.717) is 13.1 Å². The minimum absolute atomic E-state index is 0.149. The molecule has 2 heterocycles. The summed E-state index contributed by atoms with van der Waals surface area (Å²) in [5.74, 6) is 0. The van der Waals surface area contributed by atoms with Gasteiger partial charge >= 0.3 is 6.03 Å². The number of carbonyl (C=O) groups excluding carboxylic acids is 1. The van der Waals surface area contributed by atoms with Crippen LogP contribution in [-0.2, 0) is 17.8 Å². The summed E-state index contributed by atoms with van der Waals surface area (Å²) in [5.41, 5.74) is 2.19. The zero-order valence-corrected chi connectivity index (χ0v) is 14.4. The molecule has 7 nitrogen and oxygen atoms in total. The van der Waals surface area contributed by atoms with E-state index in [2.05, 4.69) is 32.8 Å². The van der Waals surface area contributed by atoms with Crippen molar-refractivity contribution >= 4 is 6.03 Å². The van der Waals surface area contributed by atoms with Crippen molar-refractivity contribution in [2.45, 2.75) is 13.1 Å². The lowest BCUT2D eigenvalue weighted by Gasteiger charge is -2.26. The molecule has 0 spiro atoms. The zero-order valence-electron chi connectivity index (χ0n) is 14.4. The van der Waals surface area contributed by atoms with E-state index in [1.54, 1.807) is 6.20 Å². The third-order valence-corrected chi connectivity index (χ3v) is 4.14. The fourth-order valence-electron chi connectivity index (χ4n) is 2.75. The fourth-order valence-corrected chi connectivity index (χ4v) is 2.75. The van der Waals surface area contributed by atoms with Crippen LogP contribution >= 0.6 is 0 Å². The van der Waals surface area contributed by atoms with Crippen molar-refractivity contribution in [3.05, 3.63) is 53.9 Å². The standard InChI is InChI=1S/C18H25N5O2/c24-18(19-6-7-22-8-10-25-11-9-22)20-12-17-13-21-23(15-17)14-16-4-2-1-3-5-16/h1-5,13,15H,6-12,14H2,(H2,19,20,24). The number of benzene rings is 1. The van der Waals surface area contributed by atoms with Gasteiger partial charge in [0.2, 0.25) is 0 Å². The Labute approximate surface area is 148 Å². The summed E-state index contributed by atoms with van der Waals surface area (Å²) in [5, 5.41) is 10.1. The van der Waals surface area contributed by atoms with Gasteiger partial charge < -0.3 is 15.4 Å². The number of carbonyl (C=O) groups is 1. The van der Waals surface area contributed by atoms with E-state index in [4.69, 9.17) is 4.74 Å². The van der Waals surface area contributed by atoms with Gasteiger partial charge in [0.1, 0.15) is 0 Å². The van der Waals surface area contributed by atoms with Crippen LogP contribution in [-0.4, -0.2) is 60.1 Å². The summed E-state index contributed by atoms with van der Waals surface area (Å²) in [6.45, 7) is 6.11. The van der Waals surface area contributed by atoms with Crippen molar-refractivity contribution in [2.24, 2.45) is 0 Å². The number of amides is 2. The van der Waals surface area contributed by atoms with Gasteiger partial charge in [0, 0.05) is 44.5 Å². The van der Waals surface area contributed by atoms with Crippen molar-refractivity contribution < 1.29 is 9.53 Å². The molecule has 1 fully saturated rings. The molecule has 2 aromatic rings. The SMILES string of the molecule is O=C(NCCN1CCOCC1)NCc1cnn(Cc2ccccc2)c1. The van der Waals surface area contributed by atoms with Crippen LogP contribution in [0.15, 0.2) is 42.7 Å². The Morgan fingerprint density at radius 1 is 1.12 bits per heavy atom. The van der Waals surface area contributed by atoms with Gasteiger partial charge in [-0.3, -0.25) is 9.58 Å². The summed E-state index contributed by atoms with van der Waals surface area (Å²) in [7, 11) is 0. The first kappa shape index (κ1) is 17.4. The maximum Gasteiger partial charge on any atom is 0.315 e. The summed E-state index contributed by atoms with van der Waals surface area (Å²) >= 11 is 0. The number of ether oxygens (including phenoxy) is 1.